The van der Waals surface area contributed by atoms with Crippen LogP contribution in [0, 0.1) is 17.1 Å². The zero-order valence-corrected chi connectivity index (χ0v) is 11.8. The van der Waals surface area contributed by atoms with Gasteiger partial charge in [0.05, 0.1) is 18.3 Å². The number of alkyl halides is 1. The van der Waals surface area contributed by atoms with E-state index in [9.17, 15) is 18.4 Å². The van der Waals surface area contributed by atoms with Crippen molar-refractivity contribution in [2.24, 2.45) is 0 Å². The SMILES string of the molecule is CN1C(C#N)NCC1C(=O)Nc1cc(F)c(=O)n(CCF)c1. The van der Waals surface area contributed by atoms with Crippen molar-refractivity contribution in [3.63, 3.8) is 0 Å². The average Bonchev–Trinajstić information content (AvgIpc) is 2.85. The number of aromatic nitrogens is 1. The second kappa shape index (κ2) is 6.64. The molecule has 1 aliphatic heterocycles. The van der Waals surface area contributed by atoms with E-state index in [0.29, 0.717) is 0 Å². The van der Waals surface area contributed by atoms with Gasteiger partial charge in [0.15, 0.2) is 12.0 Å². The number of likely N-dealkylation sites (N-methyl/N-ethyl adjacent to an activating group) is 1. The van der Waals surface area contributed by atoms with Crippen molar-refractivity contribution in [1.82, 2.24) is 14.8 Å². The second-order valence-electron chi connectivity index (χ2n) is 4.87. The molecule has 22 heavy (non-hydrogen) atoms. The van der Waals surface area contributed by atoms with Crippen molar-refractivity contribution in [1.29, 1.82) is 5.26 Å². The van der Waals surface area contributed by atoms with Crippen LogP contribution in [0.3, 0.4) is 0 Å². The highest BCUT2D eigenvalue weighted by atomic mass is 19.1. The normalized spacial score (nSPS) is 21.5. The Kier molecular flexibility index (Phi) is 4.85. The van der Waals surface area contributed by atoms with Gasteiger partial charge in [-0.3, -0.25) is 19.8 Å². The molecule has 1 aliphatic rings. The lowest BCUT2D eigenvalue weighted by Gasteiger charge is -2.20. The number of nitrogens with zero attached hydrogens (tertiary/aromatic N) is 3. The fourth-order valence-electron chi connectivity index (χ4n) is 2.26. The predicted octanol–water partition coefficient (Wildman–Crippen LogP) is -0.351. The first-order chi connectivity index (χ1) is 10.5. The molecule has 1 amide bonds. The molecule has 0 aromatic carbocycles. The predicted molar refractivity (Wildman–Crippen MR) is 74.2 cm³/mol. The van der Waals surface area contributed by atoms with Crippen molar-refractivity contribution in [2.45, 2.75) is 18.8 Å². The maximum atomic E-state index is 13.5. The standard InChI is InChI=1S/C13H15F2N5O2/c1-19-10(6-17-11(19)5-16)12(21)18-8-4-9(15)13(22)20(7-8)3-2-14/h4,7,10-11,17H,2-3,6H2,1H3,(H,18,21). The molecule has 2 rings (SSSR count). The van der Waals surface area contributed by atoms with Crippen LogP contribution in [0.2, 0.25) is 0 Å². The number of aryl methyl sites for hydroxylation is 1. The number of carbonyl (C=O) groups is 1. The lowest BCUT2D eigenvalue weighted by molar-refractivity contribution is -0.119. The van der Waals surface area contributed by atoms with Gasteiger partial charge in [0.1, 0.15) is 12.7 Å². The number of amides is 1. The number of hydrogen-bond acceptors (Lipinski definition) is 5. The van der Waals surface area contributed by atoms with Crippen molar-refractivity contribution in [3.8, 4) is 6.07 Å². The fraction of sp³-hybridized carbons (Fsp3) is 0.462. The number of nitriles is 1. The Hall–Kier alpha value is -2.31. The number of nitrogens with one attached hydrogen (secondary N) is 2. The molecule has 0 spiro atoms. The summed E-state index contributed by atoms with van der Waals surface area (Å²) >= 11 is 0. The molecule has 1 aromatic rings. The Morgan fingerprint density at radius 3 is 2.95 bits per heavy atom. The van der Waals surface area contributed by atoms with Crippen LogP contribution in [-0.4, -0.2) is 47.8 Å². The summed E-state index contributed by atoms with van der Waals surface area (Å²) in [6.07, 6.45) is 0.612. The van der Waals surface area contributed by atoms with Crippen molar-refractivity contribution >= 4 is 11.6 Å². The summed E-state index contributed by atoms with van der Waals surface area (Å²) in [5.74, 6) is -1.52. The van der Waals surface area contributed by atoms with Crippen molar-refractivity contribution < 1.29 is 13.6 Å². The molecular weight excluding hydrogens is 296 g/mol. The van der Waals surface area contributed by atoms with Gasteiger partial charge in [-0.1, -0.05) is 0 Å². The van der Waals surface area contributed by atoms with Crippen LogP contribution in [0.1, 0.15) is 0 Å². The third-order valence-electron chi connectivity index (χ3n) is 3.46. The van der Waals surface area contributed by atoms with Gasteiger partial charge in [0.25, 0.3) is 5.56 Å². The van der Waals surface area contributed by atoms with Gasteiger partial charge in [-0.05, 0) is 7.05 Å². The van der Waals surface area contributed by atoms with E-state index in [0.717, 1.165) is 10.6 Å². The fourth-order valence-corrected chi connectivity index (χ4v) is 2.26. The number of carbonyl (C=O) groups excluding carboxylic acids is 1. The molecule has 118 valence electrons. The maximum absolute atomic E-state index is 13.5. The largest absolute Gasteiger partial charge is 0.323 e. The summed E-state index contributed by atoms with van der Waals surface area (Å²) in [4.78, 5) is 25.2. The smallest absolute Gasteiger partial charge is 0.286 e. The van der Waals surface area contributed by atoms with Gasteiger partial charge in [-0.2, -0.15) is 5.26 Å². The highest BCUT2D eigenvalue weighted by Crippen LogP contribution is 2.12. The monoisotopic (exact) mass is 311 g/mol. The topological polar surface area (TPSA) is 90.2 Å². The minimum atomic E-state index is -1.07. The lowest BCUT2D eigenvalue weighted by Crippen LogP contribution is -2.42. The molecule has 0 bridgehead atoms. The third-order valence-corrected chi connectivity index (χ3v) is 3.46. The first-order valence-electron chi connectivity index (χ1n) is 6.59. The van der Waals surface area contributed by atoms with E-state index >= 15 is 0 Å². The van der Waals surface area contributed by atoms with Gasteiger partial charge >= 0.3 is 0 Å². The van der Waals surface area contributed by atoms with Crippen LogP contribution in [0.15, 0.2) is 17.1 Å². The van der Waals surface area contributed by atoms with Gasteiger partial charge in [-0.25, -0.2) is 8.78 Å². The van der Waals surface area contributed by atoms with Crippen LogP contribution < -0.4 is 16.2 Å². The summed E-state index contributed by atoms with van der Waals surface area (Å²) in [6, 6.07) is 2.28. The minimum absolute atomic E-state index is 0.0596. The van der Waals surface area contributed by atoms with Crippen LogP contribution in [0.25, 0.3) is 0 Å². The molecule has 2 heterocycles. The molecule has 0 radical (unpaired) electrons. The Balaban J connectivity index is 2.16. The Labute approximate surface area is 125 Å². The molecule has 2 atom stereocenters. The number of hydrogen-bond donors (Lipinski definition) is 2. The van der Waals surface area contributed by atoms with E-state index in [1.807, 2.05) is 6.07 Å². The summed E-state index contributed by atoms with van der Waals surface area (Å²) in [7, 11) is 1.61. The van der Waals surface area contributed by atoms with Crippen LogP contribution in [-0.2, 0) is 11.3 Å². The summed E-state index contributed by atoms with van der Waals surface area (Å²) < 4.78 is 26.7. The Bertz CT molecular complexity index is 669. The Morgan fingerprint density at radius 2 is 2.36 bits per heavy atom. The number of rotatable bonds is 4. The molecular formula is C13H15F2N5O2. The first kappa shape index (κ1) is 16.1. The van der Waals surface area contributed by atoms with E-state index in [-0.39, 0.29) is 18.8 Å². The average molecular weight is 311 g/mol. The molecule has 1 aromatic heterocycles. The molecule has 2 unspecified atom stereocenters. The van der Waals surface area contributed by atoms with E-state index < -0.39 is 36.2 Å². The zero-order chi connectivity index (χ0) is 16.3. The van der Waals surface area contributed by atoms with Crippen LogP contribution >= 0.6 is 0 Å². The molecule has 1 saturated heterocycles. The van der Waals surface area contributed by atoms with Gasteiger partial charge < -0.3 is 9.88 Å². The maximum Gasteiger partial charge on any atom is 0.286 e. The quantitative estimate of drug-likeness (QED) is 0.793. The molecule has 0 saturated carbocycles. The van der Waals surface area contributed by atoms with E-state index in [1.165, 1.54) is 6.20 Å². The lowest BCUT2D eigenvalue weighted by atomic mass is 10.2. The zero-order valence-electron chi connectivity index (χ0n) is 11.8. The summed E-state index contributed by atoms with van der Waals surface area (Å²) in [5.41, 5.74) is -0.885. The van der Waals surface area contributed by atoms with Crippen LogP contribution in [0.4, 0.5) is 14.5 Å². The van der Waals surface area contributed by atoms with Gasteiger partial charge in [-0.15, -0.1) is 0 Å². The highest BCUT2D eigenvalue weighted by Gasteiger charge is 2.34. The third kappa shape index (κ3) is 3.13. The summed E-state index contributed by atoms with van der Waals surface area (Å²) in [6.45, 7) is -0.843. The van der Waals surface area contributed by atoms with Crippen molar-refractivity contribution in [2.75, 3.05) is 25.6 Å². The summed E-state index contributed by atoms with van der Waals surface area (Å²) in [5, 5.41) is 14.2. The van der Waals surface area contributed by atoms with Crippen molar-refractivity contribution in [3.05, 3.63) is 28.4 Å². The number of pyridine rings is 1. The molecule has 7 nitrogen and oxygen atoms in total. The highest BCUT2D eigenvalue weighted by molar-refractivity contribution is 5.95. The van der Waals surface area contributed by atoms with Gasteiger partial charge in [0.2, 0.25) is 5.91 Å². The van der Waals surface area contributed by atoms with Gasteiger partial charge in [0, 0.05) is 18.8 Å². The molecule has 2 N–H and O–H groups in total. The number of halogens is 2. The van der Waals surface area contributed by atoms with E-state index in [4.69, 9.17) is 5.26 Å². The number of anilines is 1. The Morgan fingerprint density at radius 1 is 1.64 bits per heavy atom. The first-order valence-corrected chi connectivity index (χ1v) is 6.59. The molecule has 9 heteroatoms. The van der Waals surface area contributed by atoms with Crippen LogP contribution in [0.5, 0.6) is 0 Å². The second-order valence-corrected chi connectivity index (χ2v) is 4.87. The molecule has 1 fully saturated rings. The van der Waals surface area contributed by atoms with E-state index in [1.54, 1.807) is 11.9 Å². The minimum Gasteiger partial charge on any atom is -0.323 e. The van der Waals surface area contributed by atoms with E-state index in [2.05, 4.69) is 10.6 Å². The molecule has 0 aliphatic carbocycles.